The van der Waals surface area contributed by atoms with Crippen LogP contribution in [0.5, 0.6) is 0 Å². The zero-order chi connectivity index (χ0) is 15.0. The van der Waals surface area contributed by atoms with E-state index in [0.29, 0.717) is 24.5 Å². The van der Waals surface area contributed by atoms with Gasteiger partial charge in [-0.2, -0.15) is 0 Å². The number of hydrogen-bond donors (Lipinski definition) is 1. The number of methoxy groups -OCH3 is 1. The Hall–Kier alpha value is -1.75. The van der Waals surface area contributed by atoms with Gasteiger partial charge in [0.2, 0.25) is 0 Å². The highest BCUT2D eigenvalue weighted by atomic mass is 35.5. The van der Waals surface area contributed by atoms with Crippen molar-refractivity contribution in [1.29, 1.82) is 0 Å². The Bertz CT molecular complexity index is 515. The van der Waals surface area contributed by atoms with E-state index in [1.807, 2.05) is 6.92 Å². The number of aryl methyl sites for hydroxylation is 1. The number of carbonyl (C=O) groups excluding carboxylic acids is 1. The summed E-state index contributed by atoms with van der Waals surface area (Å²) < 4.78 is 4.81. The number of nitrogens with zero attached hydrogens (tertiary/aromatic N) is 3. The molecule has 0 aliphatic carbocycles. The standard InChI is InChI=1S/C13H17ClN4O2/c1-9-8-10(14)4-5-11(9)12(13(19)20-2)16-6-3-7-17-18-15/h4-5,8,12,16H,3,6-7H2,1-2H3. The minimum absolute atomic E-state index is 0.362. The van der Waals surface area contributed by atoms with Crippen molar-refractivity contribution >= 4 is 17.6 Å². The van der Waals surface area contributed by atoms with Crippen molar-refractivity contribution in [2.45, 2.75) is 19.4 Å². The molecule has 108 valence electrons. The topological polar surface area (TPSA) is 87.1 Å². The molecule has 0 radical (unpaired) electrons. The Balaban J connectivity index is 2.78. The number of benzene rings is 1. The predicted octanol–water partition coefficient (Wildman–Crippen LogP) is 3.15. The molecule has 0 spiro atoms. The van der Waals surface area contributed by atoms with E-state index in [1.165, 1.54) is 7.11 Å². The Morgan fingerprint density at radius 2 is 2.35 bits per heavy atom. The minimum Gasteiger partial charge on any atom is -0.468 e. The molecular weight excluding hydrogens is 280 g/mol. The van der Waals surface area contributed by atoms with Crippen LogP contribution in [0.15, 0.2) is 23.3 Å². The highest BCUT2D eigenvalue weighted by Crippen LogP contribution is 2.22. The average Bonchev–Trinajstić information content (AvgIpc) is 2.43. The molecule has 1 aromatic carbocycles. The lowest BCUT2D eigenvalue weighted by Crippen LogP contribution is -2.31. The van der Waals surface area contributed by atoms with Crippen LogP contribution in [0.1, 0.15) is 23.6 Å². The zero-order valence-corrected chi connectivity index (χ0v) is 12.2. The van der Waals surface area contributed by atoms with Gasteiger partial charge in [-0.25, -0.2) is 4.79 Å². The second-order valence-electron chi connectivity index (χ2n) is 4.22. The number of ether oxygens (including phenoxy) is 1. The monoisotopic (exact) mass is 296 g/mol. The van der Waals surface area contributed by atoms with E-state index >= 15 is 0 Å². The summed E-state index contributed by atoms with van der Waals surface area (Å²) in [6, 6.07) is 4.79. The summed E-state index contributed by atoms with van der Waals surface area (Å²) in [5.74, 6) is -0.362. The van der Waals surface area contributed by atoms with Crippen LogP contribution in [-0.2, 0) is 9.53 Å². The fourth-order valence-electron chi connectivity index (χ4n) is 1.84. The third-order valence-electron chi connectivity index (χ3n) is 2.83. The highest BCUT2D eigenvalue weighted by Gasteiger charge is 2.22. The van der Waals surface area contributed by atoms with E-state index in [1.54, 1.807) is 18.2 Å². The van der Waals surface area contributed by atoms with Crippen LogP contribution >= 0.6 is 11.6 Å². The molecule has 0 heterocycles. The molecule has 0 aromatic heterocycles. The third kappa shape index (κ3) is 4.74. The average molecular weight is 297 g/mol. The van der Waals surface area contributed by atoms with Gasteiger partial charge in [0.25, 0.3) is 0 Å². The quantitative estimate of drug-likeness (QED) is 0.276. The lowest BCUT2D eigenvalue weighted by atomic mass is 10.0. The minimum atomic E-state index is -0.552. The van der Waals surface area contributed by atoms with Crippen molar-refractivity contribution in [2.24, 2.45) is 5.11 Å². The van der Waals surface area contributed by atoms with E-state index < -0.39 is 6.04 Å². The van der Waals surface area contributed by atoms with Crippen molar-refractivity contribution in [3.63, 3.8) is 0 Å². The summed E-state index contributed by atoms with van der Waals surface area (Å²) in [4.78, 5) is 14.5. The fraction of sp³-hybridized carbons (Fsp3) is 0.462. The van der Waals surface area contributed by atoms with Crippen LogP contribution < -0.4 is 5.32 Å². The van der Waals surface area contributed by atoms with Crippen molar-refractivity contribution in [1.82, 2.24) is 5.32 Å². The van der Waals surface area contributed by atoms with Crippen LogP contribution in [0.4, 0.5) is 0 Å². The maximum Gasteiger partial charge on any atom is 0.327 e. The summed E-state index contributed by atoms with van der Waals surface area (Å²) in [5.41, 5.74) is 9.93. The first-order chi connectivity index (χ1) is 9.60. The van der Waals surface area contributed by atoms with Crippen molar-refractivity contribution < 1.29 is 9.53 Å². The maximum atomic E-state index is 11.9. The highest BCUT2D eigenvalue weighted by molar-refractivity contribution is 6.30. The van der Waals surface area contributed by atoms with Gasteiger partial charge in [-0.15, -0.1) is 0 Å². The van der Waals surface area contributed by atoms with Gasteiger partial charge in [-0.1, -0.05) is 22.8 Å². The molecule has 1 rings (SSSR count). The molecule has 6 nitrogen and oxygen atoms in total. The van der Waals surface area contributed by atoms with Gasteiger partial charge >= 0.3 is 5.97 Å². The van der Waals surface area contributed by atoms with Crippen LogP contribution in [0.3, 0.4) is 0 Å². The van der Waals surface area contributed by atoms with Gasteiger partial charge in [0.15, 0.2) is 0 Å². The van der Waals surface area contributed by atoms with Crippen LogP contribution in [-0.4, -0.2) is 26.2 Å². The summed E-state index contributed by atoms with van der Waals surface area (Å²) in [6.45, 7) is 2.82. The van der Waals surface area contributed by atoms with Gasteiger partial charge in [-0.3, -0.25) is 0 Å². The second kappa shape index (κ2) is 8.43. The number of halogens is 1. The smallest absolute Gasteiger partial charge is 0.327 e. The van der Waals surface area contributed by atoms with Gasteiger partial charge in [0.1, 0.15) is 6.04 Å². The van der Waals surface area contributed by atoms with Gasteiger partial charge in [0.05, 0.1) is 7.11 Å². The molecule has 0 saturated carbocycles. The Labute approximate surface area is 122 Å². The SMILES string of the molecule is COC(=O)C(NCCCN=[N+]=[N-])c1ccc(Cl)cc1C. The largest absolute Gasteiger partial charge is 0.468 e. The van der Waals surface area contributed by atoms with Gasteiger partial charge < -0.3 is 10.1 Å². The van der Waals surface area contributed by atoms with Gasteiger partial charge in [-0.05, 0) is 48.7 Å². The number of nitrogens with one attached hydrogen (secondary N) is 1. The summed E-state index contributed by atoms with van der Waals surface area (Å²) in [7, 11) is 1.35. The van der Waals surface area contributed by atoms with E-state index in [2.05, 4.69) is 15.3 Å². The van der Waals surface area contributed by atoms with E-state index in [9.17, 15) is 4.79 Å². The van der Waals surface area contributed by atoms with Crippen molar-refractivity contribution in [3.8, 4) is 0 Å². The molecule has 0 amide bonds. The number of carbonyl (C=O) groups is 1. The molecule has 1 aromatic rings. The molecule has 1 atom stereocenters. The number of azide groups is 1. The molecule has 1 N–H and O–H groups in total. The van der Waals surface area contributed by atoms with E-state index in [-0.39, 0.29) is 5.97 Å². The van der Waals surface area contributed by atoms with Crippen LogP contribution in [0.2, 0.25) is 5.02 Å². The lowest BCUT2D eigenvalue weighted by molar-refractivity contribution is -0.143. The third-order valence-corrected chi connectivity index (χ3v) is 3.06. The molecule has 20 heavy (non-hydrogen) atoms. The maximum absolute atomic E-state index is 11.9. The molecule has 0 saturated heterocycles. The van der Waals surface area contributed by atoms with Gasteiger partial charge in [0, 0.05) is 16.5 Å². The van der Waals surface area contributed by atoms with E-state index in [0.717, 1.165) is 11.1 Å². The molecule has 0 fully saturated rings. The summed E-state index contributed by atoms with van der Waals surface area (Å²) in [6.07, 6.45) is 0.643. The molecule has 0 bridgehead atoms. The summed E-state index contributed by atoms with van der Waals surface area (Å²) >= 11 is 5.91. The molecule has 0 aliphatic rings. The number of hydrogen-bond acceptors (Lipinski definition) is 4. The number of esters is 1. The molecule has 0 aliphatic heterocycles. The molecule has 1 unspecified atom stereocenters. The predicted molar refractivity (Wildman–Crippen MR) is 77.6 cm³/mol. The second-order valence-corrected chi connectivity index (χ2v) is 4.66. The lowest BCUT2D eigenvalue weighted by Gasteiger charge is -2.18. The molecular formula is C13H17ClN4O2. The van der Waals surface area contributed by atoms with Crippen molar-refractivity contribution in [3.05, 3.63) is 44.8 Å². The fourth-order valence-corrected chi connectivity index (χ4v) is 2.07. The normalized spacial score (nSPS) is 11.6. The summed E-state index contributed by atoms with van der Waals surface area (Å²) in [5, 5.41) is 7.17. The van der Waals surface area contributed by atoms with Crippen LogP contribution in [0, 0.1) is 6.92 Å². The Kier molecular flexibility index (Phi) is 6.87. The van der Waals surface area contributed by atoms with E-state index in [4.69, 9.17) is 21.9 Å². The Morgan fingerprint density at radius 1 is 1.60 bits per heavy atom. The Morgan fingerprint density at radius 3 is 2.95 bits per heavy atom. The first kappa shape index (κ1) is 16.3. The number of rotatable bonds is 7. The van der Waals surface area contributed by atoms with Crippen LogP contribution in [0.25, 0.3) is 10.4 Å². The zero-order valence-electron chi connectivity index (χ0n) is 11.5. The first-order valence-electron chi connectivity index (χ1n) is 6.18. The first-order valence-corrected chi connectivity index (χ1v) is 6.56. The molecule has 7 heteroatoms. The van der Waals surface area contributed by atoms with Crippen molar-refractivity contribution in [2.75, 3.05) is 20.2 Å².